The molecule has 5 rings (SSSR count). The van der Waals surface area contributed by atoms with Crippen LogP contribution in [0.4, 0.5) is 5.82 Å². The predicted molar refractivity (Wildman–Crippen MR) is 127 cm³/mol. The lowest BCUT2D eigenvalue weighted by Gasteiger charge is -2.16. The molecule has 3 heterocycles. The van der Waals surface area contributed by atoms with Crippen LogP contribution in [0.1, 0.15) is 29.7 Å². The predicted octanol–water partition coefficient (Wildman–Crippen LogP) is 6.03. The van der Waals surface area contributed by atoms with Crippen LogP contribution in [0.3, 0.4) is 0 Å². The minimum absolute atomic E-state index is 0.130. The first-order chi connectivity index (χ1) is 15.3. The van der Waals surface area contributed by atoms with Gasteiger partial charge in [-0.25, -0.2) is 4.98 Å². The standard InChI is InChI=1S/C26H20N4S/c1-19(22-10-6-3-7-11-22)28-26-25(29-24-17-27-14-15-30(24)26)23-16-21(18-31-23)13-12-20-8-4-2-5-9-20/h2-11,14-19,28H,1H3. The first kappa shape index (κ1) is 19.1. The van der Waals surface area contributed by atoms with E-state index in [0.717, 1.165) is 33.2 Å². The maximum Gasteiger partial charge on any atom is 0.157 e. The van der Waals surface area contributed by atoms with E-state index in [-0.39, 0.29) is 6.04 Å². The monoisotopic (exact) mass is 420 g/mol. The first-order valence-electron chi connectivity index (χ1n) is 10.1. The largest absolute Gasteiger partial charge is 0.363 e. The molecule has 0 spiro atoms. The van der Waals surface area contributed by atoms with Gasteiger partial charge in [0.05, 0.1) is 11.1 Å². The molecule has 0 fully saturated rings. The minimum Gasteiger partial charge on any atom is -0.363 e. The second-order valence-corrected chi connectivity index (χ2v) is 8.12. The van der Waals surface area contributed by atoms with Gasteiger partial charge in [0, 0.05) is 34.9 Å². The van der Waals surface area contributed by atoms with Crippen molar-refractivity contribution in [2.45, 2.75) is 13.0 Å². The van der Waals surface area contributed by atoms with E-state index in [1.807, 2.05) is 42.6 Å². The van der Waals surface area contributed by atoms with Crippen LogP contribution >= 0.6 is 11.3 Å². The molecule has 0 saturated heterocycles. The second kappa shape index (κ2) is 8.47. The quantitative estimate of drug-likeness (QED) is 0.361. The molecule has 0 aliphatic rings. The molecule has 2 aromatic carbocycles. The average molecular weight is 421 g/mol. The number of nitrogens with zero attached hydrogens (tertiary/aromatic N) is 3. The molecule has 3 aromatic heterocycles. The number of nitrogens with one attached hydrogen (secondary N) is 1. The highest BCUT2D eigenvalue weighted by molar-refractivity contribution is 7.13. The van der Waals surface area contributed by atoms with Crippen LogP contribution in [0, 0.1) is 11.8 Å². The number of anilines is 1. The van der Waals surface area contributed by atoms with Gasteiger partial charge >= 0.3 is 0 Å². The highest BCUT2D eigenvalue weighted by Crippen LogP contribution is 2.34. The van der Waals surface area contributed by atoms with Gasteiger partial charge in [-0.3, -0.25) is 9.38 Å². The molecular weight excluding hydrogens is 400 g/mol. The average Bonchev–Trinajstić information content (AvgIpc) is 3.44. The van der Waals surface area contributed by atoms with Gasteiger partial charge in [0.25, 0.3) is 0 Å². The Bertz CT molecular complexity index is 1370. The Balaban J connectivity index is 1.51. The Labute approximate surface area is 185 Å². The molecule has 4 nitrogen and oxygen atoms in total. The molecule has 5 aromatic rings. The molecule has 0 amide bonds. The van der Waals surface area contributed by atoms with Gasteiger partial charge in [-0.2, -0.15) is 0 Å². The fourth-order valence-corrected chi connectivity index (χ4v) is 4.27. The third kappa shape index (κ3) is 4.07. The maximum absolute atomic E-state index is 4.86. The number of thiophene rings is 1. The lowest BCUT2D eigenvalue weighted by molar-refractivity contribution is 0.870. The number of imidazole rings is 1. The van der Waals surface area contributed by atoms with Crippen molar-refractivity contribution in [3.63, 3.8) is 0 Å². The van der Waals surface area contributed by atoms with E-state index in [0.29, 0.717) is 0 Å². The molecule has 1 atom stereocenters. The zero-order valence-electron chi connectivity index (χ0n) is 17.0. The number of aromatic nitrogens is 3. The summed E-state index contributed by atoms with van der Waals surface area (Å²) < 4.78 is 2.05. The summed E-state index contributed by atoms with van der Waals surface area (Å²) in [6.07, 6.45) is 5.50. The summed E-state index contributed by atoms with van der Waals surface area (Å²) in [5.41, 5.74) is 4.94. The van der Waals surface area contributed by atoms with E-state index < -0.39 is 0 Å². The van der Waals surface area contributed by atoms with Crippen molar-refractivity contribution in [1.82, 2.24) is 14.4 Å². The highest BCUT2D eigenvalue weighted by Gasteiger charge is 2.18. The summed E-state index contributed by atoms with van der Waals surface area (Å²) in [4.78, 5) is 10.2. The summed E-state index contributed by atoms with van der Waals surface area (Å²) in [5.74, 6) is 7.45. The van der Waals surface area contributed by atoms with Gasteiger partial charge in [0.15, 0.2) is 5.65 Å². The Morgan fingerprint density at radius 1 is 0.968 bits per heavy atom. The lowest BCUT2D eigenvalue weighted by atomic mass is 10.1. The van der Waals surface area contributed by atoms with Crippen molar-refractivity contribution in [3.8, 4) is 22.4 Å². The molecule has 31 heavy (non-hydrogen) atoms. The maximum atomic E-state index is 4.86. The summed E-state index contributed by atoms with van der Waals surface area (Å²) in [7, 11) is 0. The van der Waals surface area contributed by atoms with Crippen LogP contribution in [0.25, 0.3) is 16.2 Å². The number of benzene rings is 2. The van der Waals surface area contributed by atoms with Gasteiger partial charge in [0.1, 0.15) is 11.5 Å². The SMILES string of the molecule is CC(Nc1c(-c2cc(C#Cc3ccccc3)cs2)nc2cnccn12)c1ccccc1. The van der Waals surface area contributed by atoms with E-state index in [2.05, 4.69) is 69.2 Å². The van der Waals surface area contributed by atoms with Gasteiger partial charge in [-0.1, -0.05) is 60.4 Å². The summed E-state index contributed by atoms with van der Waals surface area (Å²) in [5, 5.41) is 5.74. The molecule has 1 unspecified atom stereocenters. The molecule has 0 aliphatic heterocycles. The highest BCUT2D eigenvalue weighted by atomic mass is 32.1. The molecule has 0 bridgehead atoms. The Morgan fingerprint density at radius 3 is 2.52 bits per heavy atom. The van der Waals surface area contributed by atoms with E-state index in [1.165, 1.54) is 5.56 Å². The van der Waals surface area contributed by atoms with E-state index >= 15 is 0 Å². The zero-order valence-corrected chi connectivity index (χ0v) is 17.8. The number of fused-ring (bicyclic) bond motifs is 1. The van der Waals surface area contributed by atoms with Crippen LogP contribution in [0.5, 0.6) is 0 Å². The molecule has 0 radical (unpaired) electrons. The molecule has 0 aliphatic carbocycles. The van der Waals surface area contributed by atoms with E-state index in [9.17, 15) is 0 Å². The van der Waals surface area contributed by atoms with Crippen molar-refractivity contribution in [2.75, 3.05) is 5.32 Å². The molecule has 150 valence electrons. The van der Waals surface area contributed by atoms with Crippen molar-refractivity contribution in [3.05, 3.63) is 107 Å². The molecule has 5 heteroatoms. The zero-order chi connectivity index (χ0) is 21.0. The van der Waals surface area contributed by atoms with Gasteiger partial charge in [-0.15, -0.1) is 11.3 Å². The van der Waals surface area contributed by atoms with Gasteiger partial charge in [-0.05, 0) is 30.7 Å². The Kier molecular flexibility index (Phi) is 5.22. The summed E-state index contributed by atoms with van der Waals surface area (Å²) in [6.45, 7) is 2.16. The lowest BCUT2D eigenvalue weighted by Crippen LogP contribution is -2.09. The van der Waals surface area contributed by atoms with Gasteiger partial charge < -0.3 is 5.32 Å². The Hall–Kier alpha value is -3.88. The van der Waals surface area contributed by atoms with Crippen molar-refractivity contribution < 1.29 is 0 Å². The fourth-order valence-electron chi connectivity index (χ4n) is 3.44. The summed E-state index contributed by atoms with van der Waals surface area (Å²) in [6, 6.07) is 22.7. The topological polar surface area (TPSA) is 42.2 Å². The van der Waals surface area contributed by atoms with Crippen molar-refractivity contribution in [2.24, 2.45) is 0 Å². The van der Waals surface area contributed by atoms with E-state index in [1.54, 1.807) is 23.7 Å². The van der Waals surface area contributed by atoms with Crippen LogP contribution in [0.2, 0.25) is 0 Å². The fraction of sp³-hybridized carbons (Fsp3) is 0.0769. The second-order valence-electron chi connectivity index (χ2n) is 7.21. The molecule has 1 N–H and O–H groups in total. The Morgan fingerprint density at radius 2 is 1.71 bits per heavy atom. The molecule has 0 saturated carbocycles. The third-order valence-corrected chi connectivity index (χ3v) is 5.98. The summed E-state index contributed by atoms with van der Waals surface area (Å²) >= 11 is 1.65. The minimum atomic E-state index is 0.130. The number of rotatable bonds is 4. The third-order valence-electron chi connectivity index (χ3n) is 5.04. The number of hydrogen-bond donors (Lipinski definition) is 1. The van der Waals surface area contributed by atoms with Crippen LogP contribution in [-0.2, 0) is 0 Å². The smallest absolute Gasteiger partial charge is 0.157 e. The molecular formula is C26H20N4S. The van der Waals surface area contributed by atoms with E-state index in [4.69, 9.17) is 4.98 Å². The first-order valence-corrected chi connectivity index (χ1v) is 11.0. The van der Waals surface area contributed by atoms with Crippen molar-refractivity contribution in [1.29, 1.82) is 0 Å². The van der Waals surface area contributed by atoms with Crippen LogP contribution in [-0.4, -0.2) is 14.4 Å². The van der Waals surface area contributed by atoms with Gasteiger partial charge in [0.2, 0.25) is 0 Å². The van der Waals surface area contributed by atoms with Crippen molar-refractivity contribution >= 4 is 22.8 Å². The normalized spacial score (nSPS) is 11.6. The number of hydrogen-bond acceptors (Lipinski definition) is 4. The van der Waals surface area contributed by atoms with Crippen LogP contribution in [0.15, 0.2) is 90.7 Å². The van der Waals surface area contributed by atoms with Crippen LogP contribution < -0.4 is 5.32 Å².